The van der Waals surface area contributed by atoms with Crippen LogP contribution >= 0.6 is 11.6 Å². The van der Waals surface area contributed by atoms with Gasteiger partial charge in [-0.1, -0.05) is 11.6 Å². The van der Waals surface area contributed by atoms with E-state index in [1.165, 1.54) is 65.8 Å². The van der Waals surface area contributed by atoms with Gasteiger partial charge in [-0.3, -0.25) is 14.4 Å². The van der Waals surface area contributed by atoms with Gasteiger partial charge in [-0.2, -0.15) is 4.31 Å². The summed E-state index contributed by atoms with van der Waals surface area (Å²) in [5.41, 5.74) is 0.791. The standard InChI is InChI=1S/C28H24ClN3O8S/c1-17(25(33)30-20-5-9-22(10-6-20)41(37,38)31-12-14-39-15-13-31)40-28(36)18-2-11-23-24(16-18)27(35)32(26(23)34)21-7-3-19(29)4-8-21/h2-11,16-17H,12-15H2,1H3,(H,30,33)/t17-/m0/s1. The van der Waals surface area contributed by atoms with Crippen molar-refractivity contribution in [2.24, 2.45) is 0 Å². The number of fused-ring (bicyclic) bond motifs is 1. The summed E-state index contributed by atoms with van der Waals surface area (Å²) in [6, 6.07) is 15.8. The molecule has 0 bridgehead atoms. The Hall–Kier alpha value is -4.10. The molecule has 2 aliphatic rings. The fourth-order valence-corrected chi connectivity index (χ4v) is 5.90. The molecule has 0 unspecified atom stereocenters. The van der Waals surface area contributed by atoms with Crippen molar-refractivity contribution in [1.82, 2.24) is 4.31 Å². The number of hydrogen-bond acceptors (Lipinski definition) is 8. The van der Waals surface area contributed by atoms with Crippen LogP contribution in [-0.4, -0.2) is 68.8 Å². The first-order valence-electron chi connectivity index (χ1n) is 12.5. The maximum atomic E-state index is 13.0. The van der Waals surface area contributed by atoms with Crippen LogP contribution in [0.3, 0.4) is 0 Å². The molecular formula is C28H24ClN3O8S. The number of anilines is 2. The van der Waals surface area contributed by atoms with E-state index in [-0.39, 0.29) is 34.7 Å². The van der Waals surface area contributed by atoms with E-state index in [1.54, 1.807) is 12.1 Å². The van der Waals surface area contributed by atoms with E-state index in [0.29, 0.717) is 29.6 Å². The summed E-state index contributed by atoms with van der Waals surface area (Å²) >= 11 is 5.90. The molecule has 41 heavy (non-hydrogen) atoms. The number of carbonyl (C=O) groups is 4. The number of amides is 3. The predicted molar refractivity (Wildman–Crippen MR) is 149 cm³/mol. The van der Waals surface area contributed by atoms with Crippen molar-refractivity contribution >= 4 is 56.7 Å². The Balaban J connectivity index is 1.22. The molecule has 11 nitrogen and oxygen atoms in total. The van der Waals surface area contributed by atoms with E-state index in [4.69, 9.17) is 21.1 Å². The molecule has 5 rings (SSSR count). The van der Waals surface area contributed by atoms with E-state index < -0.39 is 39.8 Å². The molecule has 1 N–H and O–H groups in total. The Morgan fingerprint density at radius 3 is 2.22 bits per heavy atom. The van der Waals surface area contributed by atoms with Crippen molar-refractivity contribution in [1.29, 1.82) is 0 Å². The van der Waals surface area contributed by atoms with Gasteiger partial charge in [0, 0.05) is 23.8 Å². The van der Waals surface area contributed by atoms with E-state index in [1.807, 2.05) is 0 Å². The molecule has 2 heterocycles. The van der Waals surface area contributed by atoms with Crippen molar-refractivity contribution in [3.63, 3.8) is 0 Å². The largest absolute Gasteiger partial charge is 0.449 e. The number of morpholine rings is 1. The van der Waals surface area contributed by atoms with Crippen LogP contribution in [0.4, 0.5) is 11.4 Å². The number of hydrogen-bond donors (Lipinski definition) is 1. The van der Waals surface area contributed by atoms with E-state index in [9.17, 15) is 27.6 Å². The number of nitrogens with zero attached hydrogens (tertiary/aromatic N) is 2. The Bertz CT molecular complexity index is 1640. The lowest BCUT2D eigenvalue weighted by Gasteiger charge is -2.26. The number of ether oxygens (including phenoxy) is 2. The molecule has 0 saturated carbocycles. The van der Waals surface area contributed by atoms with E-state index in [2.05, 4.69) is 5.32 Å². The summed E-state index contributed by atoms with van der Waals surface area (Å²) in [5, 5.41) is 3.03. The second-order valence-electron chi connectivity index (χ2n) is 9.26. The summed E-state index contributed by atoms with van der Waals surface area (Å²) in [5.74, 6) is -2.66. The lowest BCUT2D eigenvalue weighted by molar-refractivity contribution is -0.123. The third kappa shape index (κ3) is 5.72. The van der Waals surface area contributed by atoms with Crippen LogP contribution in [-0.2, 0) is 24.3 Å². The van der Waals surface area contributed by atoms with Gasteiger partial charge >= 0.3 is 5.97 Å². The Morgan fingerprint density at radius 2 is 1.56 bits per heavy atom. The van der Waals surface area contributed by atoms with Crippen LogP contribution in [0, 0.1) is 0 Å². The average Bonchev–Trinajstić information content (AvgIpc) is 3.23. The number of sulfonamides is 1. The maximum absolute atomic E-state index is 13.0. The zero-order valence-corrected chi connectivity index (χ0v) is 23.3. The van der Waals surface area contributed by atoms with Gasteiger partial charge in [-0.25, -0.2) is 18.1 Å². The molecule has 3 aromatic rings. The average molecular weight is 598 g/mol. The minimum atomic E-state index is -3.69. The molecule has 1 atom stereocenters. The van der Waals surface area contributed by atoms with Crippen LogP contribution < -0.4 is 10.2 Å². The van der Waals surface area contributed by atoms with Gasteiger partial charge in [0.05, 0.1) is 40.5 Å². The molecule has 0 spiro atoms. The van der Waals surface area contributed by atoms with E-state index in [0.717, 1.165) is 4.90 Å². The zero-order valence-electron chi connectivity index (χ0n) is 21.7. The molecular weight excluding hydrogens is 574 g/mol. The molecule has 0 aliphatic carbocycles. The lowest BCUT2D eigenvalue weighted by atomic mass is 10.1. The van der Waals surface area contributed by atoms with Crippen LogP contribution in [0.15, 0.2) is 71.6 Å². The second-order valence-corrected chi connectivity index (χ2v) is 11.6. The normalized spacial score (nSPS) is 16.3. The quantitative estimate of drug-likeness (QED) is 0.323. The molecule has 212 valence electrons. The first-order valence-corrected chi connectivity index (χ1v) is 14.4. The van der Waals surface area contributed by atoms with Gasteiger partial charge in [0.15, 0.2) is 6.10 Å². The Kier molecular flexibility index (Phi) is 7.91. The SMILES string of the molecule is C[C@H](OC(=O)c1ccc2c(c1)C(=O)N(c1ccc(Cl)cc1)C2=O)C(=O)Nc1ccc(S(=O)(=O)N2CCOCC2)cc1. The van der Waals surface area contributed by atoms with Crippen molar-refractivity contribution in [2.45, 2.75) is 17.9 Å². The Labute approximate surface area is 240 Å². The third-order valence-electron chi connectivity index (χ3n) is 6.59. The molecule has 13 heteroatoms. The monoisotopic (exact) mass is 597 g/mol. The third-order valence-corrected chi connectivity index (χ3v) is 8.75. The lowest BCUT2D eigenvalue weighted by Crippen LogP contribution is -2.40. The number of benzene rings is 3. The highest BCUT2D eigenvalue weighted by molar-refractivity contribution is 7.89. The summed E-state index contributed by atoms with van der Waals surface area (Å²) in [7, 11) is -3.69. The number of rotatable bonds is 7. The highest BCUT2D eigenvalue weighted by Gasteiger charge is 2.37. The Morgan fingerprint density at radius 1 is 0.927 bits per heavy atom. The van der Waals surface area contributed by atoms with Crippen molar-refractivity contribution < 1.29 is 37.1 Å². The number of carbonyl (C=O) groups excluding carboxylic acids is 4. The van der Waals surface area contributed by atoms with Crippen molar-refractivity contribution in [3.05, 3.63) is 88.4 Å². The van der Waals surface area contributed by atoms with Gasteiger partial charge in [0.2, 0.25) is 10.0 Å². The molecule has 2 aliphatic heterocycles. The molecule has 0 radical (unpaired) electrons. The molecule has 1 saturated heterocycles. The maximum Gasteiger partial charge on any atom is 0.338 e. The predicted octanol–water partition coefficient (Wildman–Crippen LogP) is 3.35. The number of esters is 1. The highest BCUT2D eigenvalue weighted by atomic mass is 35.5. The minimum absolute atomic E-state index is 0.0137. The first-order chi connectivity index (χ1) is 19.6. The summed E-state index contributed by atoms with van der Waals surface area (Å²) < 4.78 is 37.4. The fraction of sp³-hybridized carbons (Fsp3) is 0.214. The second kappa shape index (κ2) is 11.4. The number of nitrogens with one attached hydrogen (secondary N) is 1. The molecule has 1 fully saturated rings. The smallest absolute Gasteiger partial charge is 0.338 e. The molecule has 3 aromatic carbocycles. The minimum Gasteiger partial charge on any atom is -0.449 e. The van der Waals surface area contributed by atoms with Gasteiger partial charge in [0.25, 0.3) is 17.7 Å². The summed E-state index contributed by atoms with van der Waals surface area (Å²) in [6.07, 6.45) is -1.23. The van der Waals surface area contributed by atoms with Gasteiger partial charge in [-0.05, 0) is 73.7 Å². The summed E-state index contributed by atoms with van der Waals surface area (Å²) in [6.45, 7) is 2.55. The van der Waals surface area contributed by atoms with E-state index >= 15 is 0 Å². The van der Waals surface area contributed by atoms with Crippen LogP contribution in [0.2, 0.25) is 5.02 Å². The first kappa shape index (κ1) is 28.4. The number of imide groups is 1. The van der Waals surface area contributed by atoms with Gasteiger partial charge in [-0.15, -0.1) is 0 Å². The van der Waals surface area contributed by atoms with Crippen molar-refractivity contribution in [2.75, 3.05) is 36.5 Å². The van der Waals surface area contributed by atoms with Crippen LogP contribution in [0.1, 0.15) is 38.0 Å². The highest BCUT2D eigenvalue weighted by Crippen LogP contribution is 2.30. The zero-order chi connectivity index (χ0) is 29.3. The van der Waals surface area contributed by atoms with Crippen LogP contribution in [0.25, 0.3) is 0 Å². The molecule has 3 amide bonds. The van der Waals surface area contributed by atoms with Gasteiger partial charge in [0.1, 0.15) is 0 Å². The topological polar surface area (TPSA) is 139 Å². The molecule has 0 aromatic heterocycles. The fourth-order valence-electron chi connectivity index (χ4n) is 4.36. The van der Waals surface area contributed by atoms with Crippen molar-refractivity contribution in [3.8, 4) is 0 Å². The summed E-state index contributed by atoms with van der Waals surface area (Å²) in [4.78, 5) is 52.3. The van der Waals surface area contributed by atoms with Crippen LogP contribution in [0.5, 0.6) is 0 Å². The van der Waals surface area contributed by atoms with Gasteiger partial charge < -0.3 is 14.8 Å². The number of halogens is 1.